The van der Waals surface area contributed by atoms with Crippen LogP contribution in [0.4, 0.5) is 0 Å². The summed E-state index contributed by atoms with van der Waals surface area (Å²) < 4.78 is 0. The van der Waals surface area contributed by atoms with Crippen molar-refractivity contribution in [1.82, 2.24) is 0 Å². The molecule has 0 nitrogen and oxygen atoms in total. The second-order valence-electron chi connectivity index (χ2n) is 14.6. The maximum atomic E-state index is 4.52. The third kappa shape index (κ3) is 3.59. The van der Waals surface area contributed by atoms with Gasteiger partial charge in [-0.25, -0.2) is 0 Å². The van der Waals surface area contributed by atoms with Crippen LogP contribution in [0, 0.1) is 51.2 Å². The Morgan fingerprint density at radius 1 is 1.00 bits per heavy atom. The summed E-state index contributed by atoms with van der Waals surface area (Å²) in [6.07, 6.45) is 15.8. The highest BCUT2D eigenvalue weighted by molar-refractivity contribution is 5.50. The lowest BCUT2D eigenvalue weighted by Crippen LogP contribution is -2.52. The first-order valence-corrected chi connectivity index (χ1v) is 14.4. The second kappa shape index (κ2) is 8.52. The number of hydrogen-bond acceptors (Lipinski definition) is 0. The van der Waals surface area contributed by atoms with Crippen LogP contribution in [0.2, 0.25) is 0 Å². The molecule has 2 fully saturated rings. The van der Waals surface area contributed by atoms with Crippen molar-refractivity contribution in [3.8, 4) is 0 Å². The van der Waals surface area contributed by atoms with Crippen LogP contribution in [-0.2, 0) is 0 Å². The fourth-order valence-electron chi connectivity index (χ4n) is 9.29. The molecule has 190 valence electrons. The predicted molar refractivity (Wildman–Crippen MR) is 150 cm³/mol. The van der Waals surface area contributed by atoms with Crippen molar-refractivity contribution in [2.24, 2.45) is 51.2 Å². The van der Waals surface area contributed by atoms with Gasteiger partial charge in [-0.1, -0.05) is 91.8 Å². The summed E-state index contributed by atoms with van der Waals surface area (Å²) in [5.74, 6) is 3.51. The summed E-state index contributed by atoms with van der Waals surface area (Å²) in [5, 5.41) is 0. The van der Waals surface area contributed by atoms with Crippen LogP contribution in [0.1, 0.15) is 114 Å². The van der Waals surface area contributed by atoms with Gasteiger partial charge in [0.15, 0.2) is 0 Å². The number of allylic oxidation sites excluding steroid dienone is 6. The Balaban J connectivity index is 1.68. The van der Waals surface area contributed by atoms with E-state index >= 15 is 0 Å². The molecule has 7 atom stereocenters. The zero-order chi connectivity index (χ0) is 25.3. The topological polar surface area (TPSA) is 0 Å². The Hall–Kier alpha value is -1.04. The number of rotatable bonds is 6. The SMILES string of the molecule is C=C(CC[C@@H](C(=C)C)[C@H]1CC[C@@]2(C)C3=CCC4C(C)(C)[C@H](C)CC[C@]4(C)C3=CC[C@]12C)C(C)C. The molecular weight excluding hydrogens is 408 g/mol. The molecule has 0 saturated heterocycles. The summed E-state index contributed by atoms with van der Waals surface area (Å²) in [6.45, 7) is 31.3. The molecule has 0 spiro atoms. The predicted octanol–water partition coefficient (Wildman–Crippen LogP) is 10.3. The molecule has 0 heterocycles. The largest absolute Gasteiger partial charge is 0.0998 e. The van der Waals surface area contributed by atoms with Gasteiger partial charge in [0.2, 0.25) is 0 Å². The van der Waals surface area contributed by atoms with Gasteiger partial charge in [-0.15, -0.1) is 0 Å². The van der Waals surface area contributed by atoms with E-state index in [0.717, 1.165) is 24.2 Å². The summed E-state index contributed by atoms with van der Waals surface area (Å²) in [4.78, 5) is 0. The van der Waals surface area contributed by atoms with Crippen molar-refractivity contribution < 1.29 is 0 Å². The quantitative estimate of drug-likeness (QED) is 0.344. The Kier molecular flexibility index (Phi) is 6.52. The lowest BCUT2D eigenvalue weighted by Gasteiger charge is -2.61. The average Bonchev–Trinajstić information content (AvgIpc) is 3.02. The fourth-order valence-corrected chi connectivity index (χ4v) is 9.29. The molecule has 1 unspecified atom stereocenters. The van der Waals surface area contributed by atoms with Gasteiger partial charge >= 0.3 is 0 Å². The Labute approximate surface area is 212 Å². The highest BCUT2D eigenvalue weighted by Crippen LogP contribution is 2.72. The molecule has 0 aromatic carbocycles. The van der Waals surface area contributed by atoms with Crippen LogP contribution in [0.3, 0.4) is 0 Å². The molecule has 2 saturated carbocycles. The van der Waals surface area contributed by atoms with Crippen molar-refractivity contribution in [3.63, 3.8) is 0 Å². The van der Waals surface area contributed by atoms with Crippen LogP contribution < -0.4 is 0 Å². The fraction of sp³-hybridized carbons (Fsp3) is 0.765. The van der Waals surface area contributed by atoms with E-state index in [1.165, 1.54) is 56.1 Å². The maximum Gasteiger partial charge on any atom is -0.00159 e. The van der Waals surface area contributed by atoms with E-state index < -0.39 is 0 Å². The van der Waals surface area contributed by atoms with Crippen molar-refractivity contribution >= 4 is 0 Å². The van der Waals surface area contributed by atoms with Crippen molar-refractivity contribution in [2.45, 2.75) is 114 Å². The van der Waals surface area contributed by atoms with Gasteiger partial charge in [0.1, 0.15) is 0 Å². The van der Waals surface area contributed by atoms with E-state index in [1.807, 2.05) is 0 Å². The van der Waals surface area contributed by atoms with E-state index in [4.69, 9.17) is 0 Å². The molecule has 0 radical (unpaired) electrons. The van der Waals surface area contributed by atoms with E-state index in [2.05, 4.69) is 87.6 Å². The van der Waals surface area contributed by atoms with Crippen LogP contribution in [0.15, 0.2) is 47.6 Å². The van der Waals surface area contributed by atoms with Crippen LogP contribution in [-0.4, -0.2) is 0 Å². The normalized spacial score (nSPS) is 41.6. The molecule has 0 aliphatic heterocycles. The van der Waals surface area contributed by atoms with Crippen LogP contribution in [0.5, 0.6) is 0 Å². The maximum absolute atomic E-state index is 4.52. The van der Waals surface area contributed by atoms with E-state index in [1.54, 1.807) is 11.1 Å². The van der Waals surface area contributed by atoms with Gasteiger partial charge < -0.3 is 0 Å². The van der Waals surface area contributed by atoms with Crippen molar-refractivity contribution in [1.29, 1.82) is 0 Å². The molecular formula is C34H54. The standard InChI is InChI=1S/C34H54/c1-22(2)24(5)12-13-26(23(3)4)27-17-20-34(11)29-14-15-30-31(7,8)25(6)16-19-32(30,9)28(29)18-21-33(27,34)10/h14,18,22,25-27,30H,3,5,12-13,15-17,19-21H2,1-2,4,6-11H3/t25-,26+,27-,30?,32-,33-,34+/m1/s1. The Bertz CT molecular complexity index is 908. The second-order valence-corrected chi connectivity index (χ2v) is 14.6. The minimum absolute atomic E-state index is 0.297. The van der Waals surface area contributed by atoms with Crippen LogP contribution in [0.25, 0.3) is 0 Å². The van der Waals surface area contributed by atoms with Gasteiger partial charge in [-0.3, -0.25) is 0 Å². The number of fused-ring (bicyclic) bond motifs is 5. The molecule has 0 amide bonds. The lowest BCUT2D eigenvalue weighted by molar-refractivity contribution is -0.0277. The summed E-state index contributed by atoms with van der Waals surface area (Å²) >= 11 is 0. The molecule has 4 rings (SSSR count). The Morgan fingerprint density at radius 2 is 1.68 bits per heavy atom. The first kappa shape index (κ1) is 26.0. The van der Waals surface area contributed by atoms with E-state index in [9.17, 15) is 0 Å². The zero-order valence-electron chi connectivity index (χ0n) is 24.1. The molecule has 4 aliphatic carbocycles. The van der Waals surface area contributed by atoms with Gasteiger partial charge in [-0.05, 0) is 121 Å². The third-order valence-corrected chi connectivity index (χ3v) is 12.6. The molecule has 0 bridgehead atoms. The Morgan fingerprint density at radius 3 is 2.29 bits per heavy atom. The monoisotopic (exact) mass is 462 g/mol. The average molecular weight is 463 g/mol. The smallest absolute Gasteiger partial charge is 0.00159 e. The summed E-state index contributed by atoms with van der Waals surface area (Å²) in [7, 11) is 0. The molecule has 0 heteroatoms. The molecule has 0 aromatic rings. The molecule has 4 aliphatic rings. The van der Waals surface area contributed by atoms with Gasteiger partial charge in [0.25, 0.3) is 0 Å². The van der Waals surface area contributed by atoms with E-state index in [-0.39, 0.29) is 0 Å². The van der Waals surface area contributed by atoms with Crippen molar-refractivity contribution in [3.05, 3.63) is 47.6 Å². The van der Waals surface area contributed by atoms with Gasteiger partial charge in [0, 0.05) is 0 Å². The minimum atomic E-state index is 0.297. The summed E-state index contributed by atoms with van der Waals surface area (Å²) in [5.41, 5.74) is 7.70. The highest BCUT2D eigenvalue weighted by Gasteiger charge is 2.63. The highest BCUT2D eigenvalue weighted by atomic mass is 14.7. The van der Waals surface area contributed by atoms with E-state index in [0.29, 0.717) is 33.5 Å². The zero-order valence-corrected chi connectivity index (χ0v) is 24.1. The third-order valence-electron chi connectivity index (χ3n) is 12.6. The first-order valence-electron chi connectivity index (χ1n) is 14.4. The van der Waals surface area contributed by atoms with Gasteiger partial charge in [-0.2, -0.15) is 0 Å². The number of hydrogen-bond donors (Lipinski definition) is 0. The summed E-state index contributed by atoms with van der Waals surface area (Å²) in [6, 6.07) is 0. The van der Waals surface area contributed by atoms with Crippen molar-refractivity contribution in [2.75, 3.05) is 0 Å². The van der Waals surface area contributed by atoms with Crippen LogP contribution >= 0.6 is 0 Å². The molecule has 0 aromatic heterocycles. The lowest BCUT2D eigenvalue weighted by atomic mass is 9.43. The first-order chi connectivity index (χ1) is 15.7. The molecule has 34 heavy (non-hydrogen) atoms. The minimum Gasteiger partial charge on any atom is -0.0998 e. The molecule has 0 N–H and O–H groups in total. The van der Waals surface area contributed by atoms with Gasteiger partial charge in [0.05, 0.1) is 0 Å².